The quantitative estimate of drug-likeness (QED) is 0.308. The van der Waals surface area contributed by atoms with Gasteiger partial charge >= 0.3 is 0 Å². The minimum absolute atomic E-state index is 0. The van der Waals surface area contributed by atoms with Gasteiger partial charge < -0.3 is 15.4 Å². The Bertz CT molecular complexity index is 253. The van der Waals surface area contributed by atoms with Crippen molar-refractivity contribution in [3.63, 3.8) is 0 Å². The van der Waals surface area contributed by atoms with Gasteiger partial charge in [-0.2, -0.15) is 0 Å². The maximum absolute atomic E-state index is 5.04. The maximum atomic E-state index is 5.04. The van der Waals surface area contributed by atoms with Crippen molar-refractivity contribution in [1.29, 1.82) is 0 Å². The van der Waals surface area contributed by atoms with E-state index in [-0.39, 0.29) is 24.0 Å². The van der Waals surface area contributed by atoms with Crippen molar-refractivity contribution in [2.45, 2.75) is 46.0 Å². The number of nitrogens with one attached hydrogen (secondary N) is 2. The average molecular weight is 383 g/mol. The molecule has 0 unspecified atom stereocenters. The van der Waals surface area contributed by atoms with Gasteiger partial charge in [-0.05, 0) is 31.6 Å². The largest absolute Gasteiger partial charge is 0.385 e. The van der Waals surface area contributed by atoms with Crippen LogP contribution in [-0.4, -0.2) is 39.3 Å². The Hall–Kier alpha value is -0.0400. The van der Waals surface area contributed by atoms with Gasteiger partial charge in [0, 0.05) is 33.4 Å². The SMILES string of the molecule is CCNC(=NCC1(C)CCCC1)NCCCOC.I. The van der Waals surface area contributed by atoms with Crippen LogP contribution in [0.2, 0.25) is 0 Å². The lowest BCUT2D eigenvalue weighted by Crippen LogP contribution is -2.38. The lowest BCUT2D eigenvalue weighted by Gasteiger charge is -2.21. The number of methoxy groups -OCH3 is 1. The summed E-state index contributed by atoms with van der Waals surface area (Å²) in [5.74, 6) is 0.946. The summed E-state index contributed by atoms with van der Waals surface area (Å²) in [6.07, 6.45) is 6.38. The molecule has 0 amide bonds. The predicted octanol–water partition coefficient (Wildman–Crippen LogP) is 2.78. The summed E-state index contributed by atoms with van der Waals surface area (Å²) < 4.78 is 5.04. The zero-order valence-electron chi connectivity index (χ0n) is 12.6. The first-order valence-corrected chi connectivity index (χ1v) is 7.21. The van der Waals surface area contributed by atoms with Crippen LogP contribution < -0.4 is 10.6 Å². The highest BCUT2D eigenvalue weighted by Crippen LogP contribution is 2.37. The van der Waals surface area contributed by atoms with E-state index in [1.165, 1.54) is 25.7 Å². The molecule has 0 heterocycles. The fraction of sp³-hybridized carbons (Fsp3) is 0.929. The Morgan fingerprint density at radius 2 is 1.95 bits per heavy atom. The van der Waals surface area contributed by atoms with Gasteiger partial charge in [0.15, 0.2) is 5.96 Å². The molecule has 0 aromatic rings. The summed E-state index contributed by atoms with van der Waals surface area (Å²) in [5, 5.41) is 6.65. The van der Waals surface area contributed by atoms with E-state index in [0.717, 1.165) is 38.6 Å². The number of aliphatic imine (C=N–C) groups is 1. The molecular formula is C14H30IN3O. The number of hydrogen-bond acceptors (Lipinski definition) is 2. The molecule has 0 aromatic carbocycles. The molecule has 4 nitrogen and oxygen atoms in total. The number of rotatable bonds is 7. The summed E-state index contributed by atoms with van der Waals surface area (Å²) >= 11 is 0. The maximum Gasteiger partial charge on any atom is 0.191 e. The average Bonchev–Trinajstić information content (AvgIpc) is 2.79. The van der Waals surface area contributed by atoms with Crippen LogP contribution in [0.4, 0.5) is 0 Å². The molecule has 0 saturated heterocycles. The summed E-state index contributed by atoms with van der Waals surface area (Å²) in [6.45, 7) is 8.02. The third kappa shape index (κ3) is 7.97. The first-order chi connectivity index (χ1) is 8.70. The van der Waals surface area contributed by atoms with E-state index in [1.54, 1.807) is 7.11 Å². The van der Waals surface area contributed by atoms with E-state index in [2.05, 4.69) is 24.5 Å². The summed E-state index contributed by atoms with van der Waals surface area (Å²) in [4.78, 5) is 4.72. The number of halogens is 1. The highest BCUT2D eigenvalue weighted by atomic mass is 127. The molecule has 114 valence electrons. The van der Waals surface area contributed by atoms with Gasteiger partial charge in [-0.1, -0.05) is 19.8 Å². The number of nitrogens with zero attached hydrogens (tertiary/aromatic N) is 1. The normalized spacial score (nSPS) is 17.9. The second-order valence-electron chi connectivity index (χ2n) is 5.49. The molecule has 19 heavy (non-hydrogen) atoms. The zero-order valence-corrected chi connectivity index (χ0v) is 15.0. The second kappa shape index (κ2) is 10.7. The molecule has 0 spiro atoms. The molecule has 0 aromatic heterocycles. The van der Waals surface area contributed by atoms with Crippen molar-refractivity contribution in [3.8, 4) is 0 Å². The van der Waals surface area contributed by atoms with Crippen LogP contribution >= 0.6 is 24.0 Å². The molecular weight excluding hydrogens is 353 g/mol. The fourth-order valence-corrected chi connectivity index (χ4v) is 2.42. The first-order valence-electron chi connectivity index (χ1n) is 7.21. The van der Waals surface area contributed by atoms with Crippen molar-refractivity contribution in [1.82, 2.24) is 10.6 Å². The van der Waals surface area contributed by atoms with Crippen LogP contribution in [0, 0.1) is 5.41 Å². The lowest BCUT2D eigenvalue weighted by atomic mass is 9.89. The van der Waals surface area contributed by atoms with Gasteiger partial charge in [0.25, 0.3) is 0 Å². The fourth-order valence-electron chi connectivity index (χ4n) is 2.42. The predicted molar refractivity (Wildman–Crippen MR) is 92.5 cm³/mol. The van der Waals surface area contributed by atoms with Gasteiger partial charge in [-0.25, -0.2) is 0 Å². The van der Waals surface area contributed by atoms with Gasteiger partial charge in [0.2, 0.25) is 0 Å². The van der Waals surface area contributed by atoms with Crippen LogP contribution in [0.5, 0.6) is 0 Å². The molecule has 1 aliphatic rings. The Kier molecular flexibility index (Phi) is 10.7. The molecule has 0 radical (unpaired) electrons. The molecule has 0 bridgehead atoms. The summed E-state index contributed by atoms with van der Waals surface area (Å²) in [7, 11) is 1.74. The number of hydrogen-bond donors (Lipinski definition) is 2. The van der Waals surface area contributed by atoms with Crippen molar-refractivity contribution in [2.24, 2.45) is 10.4 Å². The van der Waals surface area contributed by atoms with Crippen molar-refractivity contribution < 1.29 is 4.74 Å². The third-order valence-corrected chi connectivity index (χ3v) is 3.59. The highest BCUT2D eigenvalue weighted by Gasteiger charge is 2.28. The second-order valence-corrected chi connectivity index (χ2v) is 5.49. The molecule has 2 N–H and O–H groups in total. The summed E-state index contributed by atoms with van der Waals surface area (Å²) in [6, 6.07) is 0. The molecule has 5 heteroatoms. The molecule has 1 fully saturated rings. The van der Waals surface area contributed by atoms with Crippen molar-refractivity contribution >= 4 is 29.9 Å². The van der Waals surface area contributed by atoms with E-state index >= 15 is 0 Å². The molecule has 0 atom stereocenters. The summed E-state index contributed by atoms with van der Waals surface area (Å²) in [5.41, 5.74) is 0.425. The Morgan fingerprint density at radius 3 is 2.53 bits per heavy atom. The van der Waals surface area contributed by atoms with Crippen LogP contribution in [0.3, 0.4) is 0 Å². The van der Waals surface area contributed by atoms with E-state index in [4.69, 9.17) is 9.73 Å². The van der Waals surface area contributed by atoms with Gasteiger partial charge in [-0.3, -0.25) is 4.99 Å². The van der Waals surface area contributed by atoms with Crippen LogP contribution in [-0.2, 0) is 4.74 Å². The Labute approximate surface area is 135 Å². The van der Waals surface area contributed by atoms with Crippen molar-refractivity contribution in [3.05, 3.63) is 0 Å². The van der Waals surface area contributed by atoms with Crippen LogP contribution in [0.15, 0.2) is 4.99 Å². The first kappa shape index (κ1) is 19.0. The van der Waals surface area contributed by atoms with E-state index < -0.39 is 0 Å². The zero-order chi connectivity index (χ0) is 13.3. The smallest absolute Gasteiger partial charge is 0.191 e. The van der Waals surface area contributed by atoms with E-state index in [0.29, 0.717) is 5.41 Å². The molecule has 1 saturated carbocycles. The highest BCUT2D eigenvalue weighted by molar-refractivity contribution is 14.0. The Morgan fingerprint density at radius 1 is 1.26 bits per heavy atom. The van der Waals surface area contributed by atoms with Crippen LogP contribution in [0.1, 0.15) is 46.0 Å². The van der Waals surface area contributed by atoms with Gasteiger partial charge in [-0.15, -0.1) is 24.0 Å². The van der Waals surface area contributed by atoms with E-state index in [9.17, 15) is 0 Å². The van der Waals surface area contributed by atoms with Crippen LogP contribution in [0.25, 0.3) is 0 Å². The number of guanidine groups is 1. The minimum atomic E-state index is 0. The lowest BCUT2D eigenvalue weighted by molar-refractivity contribution is 0.195. The number of ether oxygens (including phenoxy) is 1. The molecule has 1 aliphatic carbocycles. The van der Waals surface area contributed by atoms with Gasteiger partial charge in [0.1, 0.15) is 0 Å². The Balaban J connectivity index is 0.00000324. The molecule has 1 rings (SSSR count). The third-order valence-electron chi connectivity index (χ3n) is 3.59. The molecule has 0 aliphatic heterocycles. The van der Waals surface area contributed by atoms with Gasteiger partial charge in [0.05, 0.1) is 0 Å². The monoisotopic (exact) mass is 383 g/mol. The topological polar surface area (TPSA) is 45.7 Å². The standard InChI is InChI=1S/C14H29N3O.HI/c1-4-15-13(16-10-7-11-18-3)17-12-14(2)8-5-6-9-14;/h4-12H2,1-3H3,(H2,15,16,17);1H. The van der Waals surface area contributed by atoms with E-state index in [1.807, 2.05) is 0 Å². The van der Waals surface area contributed by atoms with Crippen molar-refractivity contribution in [2.75, 3.05) is 33.4 Å². The minimum Gasteiger partial charge on any atom is -0.385 e.